The SMILES string of the molecule is O=c1c2ccsc2[nH]c(=S)n1Cc1ccoc1. The Bertz CT molecular complexity index is 765. The van der Waals surface area contributed by atoms with Crippen LogP contribution in [0.5, 0.6) is 0 Å². The third-order valence-corrected chi connectivity index (χ3v) is 3.68. The number of fused-ring (bicyclic) bond motifs is 1. The molecule has 4 nitrogen and oxygen atoms in total. The number of aromatic nitrogens is 2. The van der Waals surface area contributed by atoms with Crippen LogP contribution in [-0.4, -0.2) is 9.55 Å². The summed E-state index contributed by atoms with van der Waals surface area (Å²) in [7, 11) is 0. The molecule has 17 heavy (non-hydrogen) atoms. The van der Waals surface area contributed by atoms with Crippen molar-refractivity contribution in [3.05, 3.63) is 50.7 Å². The number of rotatable bonds is 2. The molecule has 3 heterocycles. The summed E-state index contributed by atoms with van der Waals surface area (Å²) in [5, 5.41) is 2.55. The predicted octanol–water partition coefficient (Wildman–Crippen LogP) is 2.76. The van der Waals surface area contributed by atoms with Crippen molar-refractivity contribution in [1.82, 2.24) is 9.55 Å². The fraction of sp³-hybridized carbons (Fsp3) is 0.0909. The summed E-state index contributed by atoms with van der Waals surface area (Å²) >= 11 is 6.67. The van der Waals surface area contributed by atoms with Crippen molar-refractivity contribution in [2.45, 2.75) is 6.54 Å². The summed E-state index contributed by atoms with van der Waals surface area (Å²) in [6, 6.07) is 3.62. The normalized spacial score (nSPS) is 11.1. The van der Waals surface area contributed by atoms with Gasteiger partial charge >= 0.3 is 0 Å². The van der Waals surface area contributed by atoms with E-state index in [-0.39, 0.29) is 5.56 Å². The first kappa shape index (κ1) is 10.5. The highest BCUT2D eigenvalue weighted by molar-refractivity contribution is 7.71. The van der Waals surface area contributed by atoms with Crippen molar-refractivity contribution < 1.29 is 4.42 Å². The average Bonchev–Trinajstić information content (AvgIpc) is 2.94. The van der Waals surface area contributed by atoms with Gasteiger partial charge in [-0.25, -0.2) is 0 Å². The minimum absolute atomic E-state index is 0.0637. The highest BCUT2D eigenvalue weighted by atomic mass is 32.1. The quantitative estimate of drug-likeness (QED) is 0.724. The van der Waals surface area contributed by atoms with E-state index in [2.05, 4.69) is 4.98 Å². The second kappa shape index (κ2) is 3.97. The van der Waals surface area contributed by atoms with Crippen LogP contribution in [-0.2, 0) is 6.54 Å². The average molecular weight is 264 g/mol. The fourth-order valence-electron chi connectivity index (χ4n) is 1.69. The van der Waals surface area contributed by atoms with Crippen molar-refractivity contribution in [2.75, 3.05) is 0 Å². The van der Waals surface area contributed by atoms with Crippen molar-refractivity contribution in [3.63, 3.8) is 0 Å². The molecule has 6 heteroatoms. The maximum absolute atomic E-state index is 12.2. The summed E-state index contributed by atoms with van der Waals surface area (Å²) in [5.74, 6) is 0. The minimum atomic E-state index is -0.0637. The van der Waals surface area contributed by atoms with Crippen molar-refractivity contribution >= 4 is 33.8 Å². The van der Waals surface area contributed by atoms with Gasteiger partial charge in [-0.2, -0.15) is 0 Å². The number of hydrogen-bond donors (Lipinski definition) is 1. The summed E-state index contributed by atoms with van der Waals surface area (Å²) in [6.07, 6.45) is 3.19. The van der Waals surface area contributed by atoms with E-state index in [4.69, 9.17) is 16.6 Å². The molecule has 86 valence electrons. The second-order valence-electron chi connectivity index (χ2n) is 3.62. The molecule has 1 N–H and O–H groups in total. The topological polar surface area (TPSA) is 50.9 Å². The molecule has 0 amide bonds. The Labute approximate surface area is 105 Å². The number of nitrogens with one attached hydrogen (secondary N) is 1. The van der Waals surface area contributed by atoms with E-state index in [0.29, 0.717) is 16.7 Å². The van der Waals surface area contributed by atoms with E-state index in [1.165, 1.54) is 15.9 Å². The lowest BCUT2D eigenvalue weighted by Crippen LogP contribution is -2.21. The molecule has 0 saturated carbocycles. The summed E-state index contributed by atoms with van der Waals surface area (Å²) < 4.78 is 6.95. The first-order valence-electron chi connectivity index (χ1n) is 4.97. The fourth-order valence-corrected chi connectivity index (χ4v) is 2.78. The molecule has 0 aliphatic heterocycles. The molecule has 3 aromatic heterocycles. The molecular formula is C11H8N2O2S2. The molecule has 0 aliphatic carbocycles. The van der Waals surface area contributed by atoms with Crippen LogP contribution >= 0.6 is 23.6 Å². The third kappa shape index (κ3) is 1.75. The van der Waals surface area contributed by atoms with Crippen LogP contribution in [0.4, 0.5) is 0 Å². The van der Waals surface area contributed by atoms with E-state index < -0.39 is 0 Å². The van der Waals surface area contributed by atoms with Gasteiger partial charge in [-0.15, -0.1) is 11.3 Å². The van der Waals surface area contributed by atoms with Gasteiger partial charge < -0.3 is 9.40 Å². The van der Waals surface area contributed by atoms with Crippen LogP contribution in [0, 0.1) is 4.77 Å². The van der Waals surface area contributed by atoms with Crippen LogP contribution in [0.2, 0.25) is 0 Å². The first-order valence-corrected chi connectivity index (χ1v) is 6.26. The number of nitrogens with zero attached hydrogens (tertiary/aromatic N) is 1. The predicted molar refractivity (Wildman–Crippen MR) is 69.1 cm³/mol. The van der Waals surface area contributed by atoms with Gasteiger partial charge in [-0.3, -0.25) is 9.36 Å². The lowest BCUT2D eigenvalue weighted by atomic mass is 10.3. The van der Waals surface area contributed by atoms with Gasteiger partial charge in [0.05, 0.1) is 24.5 Å². The van der Waals surface area contributed by atoms with Gasteiger partial charge in [0.25, 0.3) is 5.56 Å². The Hall–Kier alpha value is -1.66. The lowest BCUT2D eigenvalue weighted by molar-refractivity contribution is 0.561. The molecule has 0 atom stereocenters. The molecule has 0 aromatic carbocycles. The van der Waals surface area contributed by atoms with Crippen molar-refractivity contribution in [2.24, 2.45) is 0 Å². The Balaban J connectivity index is 2.22. The van der Waals surface area contributed by atoms with Crippen molar-refractivity contribution in [3.8, 4) is 0 Å². The number of hydrogen-bond acceptors (Lipinski definition) is 4. The monoisotopic (exact) mass is 264 g/mol. The lowest BCUT2D eigenvalue weighted by Gasteiger charge is -2.04. The molecule has 0 aliphatic rings. The Morgan fingerprint density at radius 3 is 3.12 bits per heavy atom. The Morgan fingerprint density at radius 2 is 2.35 bits per heavy atom. The summed E-state index contributed by atoms with van der Waals surface area (Å²) in [5.41, 5.74) is 0.854. The molecule has 0 fully saturated rings. The van der Waals surface area contributed by atoms with Crippen LogP contribution in [0.3, 0.4) is 0 Å². The highest BCUT2D eigenvalue weighted by Crippen LogP contribution is 2.14. The van der Waals surface area contributed by atoms with Crippen LogP contribution < -0.4 is 5.56 Å². The first-order chi connectivity index (χ1) is 8.25. The van der Waals surface area contributed by atoms with Gasteiger partial charge in [0.2, 0.25) is 0 Å². The van der Waals surface area contributed by atoms with Gasteiger partial charge in [-0.05, 0) is 29.7 Å². The molecule has 0 spiro atoms. The Morgan fingerprint density at radius 1 is 1.47 bits per heavy atom. The third-order valence-electron chi connectivity index (χ3n) is 2.53. The van der Waals surface area contributed by atoms with E-state index in [0.717, 1.165) is 10.4 Å². The largest absolute Gasteiger partial charge is 0.472 e. The molecule has 0 radical (unpaired) electrons. The zero-order chi connectivity index (χ0) is 11.8. The molecule has 3 rings (SSSR count). The zero-order valence-electron chi connectivity index (χ0n) is 8.67. The standard InChI is InChI=1S/C11H8N2O2S2/c14-10-8-2-4-17-9(8)12-11(16)13(10)5-7-1-3-15-6-7/h1-4,6H,5H2,(H,12,16). The van der Waals surface area contributed by atoms with Crippen LogP contribution in [0.1, 0.15) is 5.56 Å². The Kier molecular flexibility index (Phi) is 2.45. The smallest absolute Gasteiger partial charge is 0.263 e. The molecular weight excluding hydrogens is 256 g/mol. The molecule has 0 saturated heterocycles. The zero-order valence-corrected chi connectivity index (χ0v) is 10.3. The van der Waals surface area contributed by atoms with Gasteiger partial charge in [-0.1, -0.05) is 0 Å². The summed E-state index contributed by atoms with van der Waals surface area (Å²) in [6.45, 7) is 0.427. The number of furan rings is 1. The minimum Gasteiger partial charge on any atom is -0.472 e. The van der Waals surface area contributed by atoms with E-state index in [1.807, 2.05) is 11.4 Å². The van der Waals surface area contributed by atoms with Crippen LogP contribution in [0.25, 0.3) is 10.2 Å². The maximum Gasteiger partial charge on any atom is 0.263 e. The number of aromatic amines is 1. The second-order valence-corrected chi connectivity index (χ2v) is 4.92. The molecule has 3 aromatic rings. The number of H-pyrrole nitrogens is 1. The van der Waals surface area contributed by atoms with Crippen molar-refractivity contribution in [1.29, 1.82) is 0 Å². The maximum atomic E-state index is 12.2. The van der Waals surface area contributed by atoms with Crippen LogP contribution in [0.15, 0.2) is 39.3 Å². The van der Waals surface area contributed by atoms with Gasteiger partial charge in [0.15, 0.2) is 4.77 Å². The van der Waals surface area contributed by atoms with Gasteiger partial charge in [0, 0.05) is 5.56 Å². The van der Waals surface area contributed by atoms with Gasteiger partial charge in [0.1, 0.15) is 4.83 Å². The van der Waals surface area contributed by atoms with E-state index in [9.17, 15) is 4.79 Å². The summed E-state index contributed by atoms with van der Waals surface area (Å²) in [4.78, 5) is 16.1. The molecule has 0 unspecified atom stereocenters. The van der Waals surface area contributed by atoms with E-state index >= 15 is 0 Å². The molecule has 0 bridgehead atoms. The number of thiophene rings is 1. The van der Waals surface area contributed by atoms with E-state index in [1.54, 1.807) is 18.6 Å². The highest BCUT2D eigenvalue weighted by Gasteiger charge is 2.07.